The van der Waals surface area contributed by atoms with Crippen LogP contribution in [0.25, 0.3) is 0 Å². The average Bonchev–Trinajstić information content (AvgIpc) is 2.76. The number of aryl methyl sites for hydroxylation is 2. The molecule has 2 amide bonds. The van der Waals surface area contributed by atoms with Gasteiger partial charge >= 0.3 is 6.03 Å². The number of nitrogens with one attached hydrogen (secondary N) is 2. The third-order valence-corrected chi connectivity index (χ3v) is 2.78. The molecule has 0 aliphatic carbocycles. The highest BCUT2D eigenvalue weighted by atomic mass is 16.5. The normalized spacial score (nSPS) is 11.8. The first-order valence-electron chi connectivity index (χ1n) is 6.66. The molecule has 0 aliphatic heterocycles. The van der Waals surface area contributed by atoms with E-state index in [9.17, 15) is 4.79 Å². The number of ether oxygens (including phenoxy) is 1. The van der Waals surface area contributed by atoms with Crippen LogP contribution in [0.5, 0.6) is 5.75 Å². The number of aromatic nitrogens is 3. The molecule has 21 heavy (non-hydrogen) atoms. The van der Waals surface area contributed by atoms with Gasteiger partial charge in [-0.05, 0) is 26.0 Å². The van der Waals surface area contributed by atoms with Gasteiger partial charge < -0.3 is 15.4 Å². The van der Waals surface area contributed by atoms with Gasteiger partial charge in [0.15, 0.2) is 0 Å². The number of urea groups is 1. The van der Waals surface area contributed by atoms with Crippen molar-refractivity contribution in [3.05, 3.63) is 36.4 Å². The summed E-state index contributed by atoms with van der Waals surface area (Å²) in [5.41, 5.74) is 1.46. The maximum absolute atomic E-state index is 11.8. The Morgan fingerprint density at radius 3 is 2.95 bits per heavy atom. The van der Waals surface area contributed by atoms with Crippen LogP contribution in [0.1, 0.15) is 12.6 Å². The molecule has 0 bridgehead atoms. The number of nitrogens with zero attached hydrogens (tertiary/aromatic N) is 3. The van der Waals surface area contributed by atoms with Crippen LogP contribution in [0, 0.1) is 6.92 Å². The monoisotopic (exact) mass is 289 g/mol. The lowest BCUT2D eigenvalue weighted by Crippen LogP contribution is -2.36. The second-order valence-corrected chi connectivity index (χ2v) is 4.75. The summed E-state index contributed by atoms with van der Waals surface area (Å²) in [4.78, 5) is 15.8. The number of carbonyl (C=O) groups excluding carboxylic acids is 1. The molecule has 0 aromatic carbocycles. The number of hydrogen-bond acceptors (Lipinski definition) is 4. The first kappa shape index (κ1) is 14.8. The van der Waals surface area contributed by atoms with Crippen molar-refractivity contribution in [1.82, 2.24) is 20.1 Å². The van der Waals surface area contributed by atoms with Crippen molar-refractivity contribution in [2.45, 2.75) is 20.0 Å². The maximum Gasteiger partial charge on any atom is 0.319 e. The molecular weight excluding hydrogens is 270 g/mol. The summed E-state index contributed by atoms with van der Waals surface area (Å²) in [6, 6.07) is 3.34. The molecule has 0 aliphatic rings. The second-order valence-electron chi connectivity index (χ2n) is 4.75. The number of anilines is 1. The maximum atomic E-state index is 11.8. The summed E-state index contributed by atoms with van der Waals surface area (Å²) in [6.45, 7) is 4.10. The van der Waals surface area contributed by atoms with E-state index < -0.39 is 0 Å². The van der Waals surface area contributed by atoms with Crippen molar-refractivity contribution >= 4 is 11.7 Å². The minimum atomic E-state index is -0.285. The Bertz CT molecular complexity index is 597. The highest BCUT2D eigenvalue weighted by Gasteiger charge is 2.09. The topological polar surface area (TPSA) is 81.1 Å². The third kappa shape index (κ3) is 4.48. The first-order chi connectivity index (χ1) is 10.0. The standard InChI is InChI=1S/C14H19N5O2/c1-10(21-12-5-4-6-15-8-12)7-16-14(20)17-13-9-19(3)18-11(13)2/h4-6,8-10H,7H2,1-3H3,(H2,16,17,20)/t10-/m0/s1. The van der Waals surface area contributed by atoms with Gasteiger partial charge in [0.1, 0.15) is 11.9 Å². The highest BCUT2D eigenvalue weighted by molar-refractivity contribution is 5.89. The molecule has 2 aromatic rings. The fraction of sp³-hybridized carbons (Fsp3) is 0.357. The van der Waals surface area contributed by atoms with Crippen LogP contribution in [0.2, 0.25) is 0 Å². The molecule has 2 heterocycles. The zero-order chi connectivity index (χ0) is 15.2. The Morgan fingerprint density at radius 1 is 1.52 bits per heavy atom. The molecule has 0 unspecified atom stereocenters. The number of pyridine rings is 1. The van der Waals surface area contributed by atoms with Crippen molar-refractivity contribution in [2.24, 2.45) is 7.05 Å². The van der Waals surface area contributed by atoms with Gasteiger partial charge in [-0.25, -0.2) is 4.79 Å². The van der Waals surface area contributed by atoms with E-state index in [1.807, 2.05) is 19.9 Å². The molecule has 2 N–H and O–H groups in total. The predicted molar refractivity (Wildman–Crippen MR) is 79.3 cm³/mol. The van der Waals surface area contributed by atoms with Gasteiger partial charge in [0.05, 0.1) is 24.1 Å². The van der Waals surface area contributed by atoms with Gasteiger partial charge in [-0.2, -0.15) is 5.10 Å². The SMILES string of the molecule is Cc1nn(C)cc1NC(=O)NC[C@H](C)Oc1cccnc1. The van der Waals surface area contributed by atoms with E-state index in [1.54, 1.807) is 36.4 Å². The fourth-order valence-electron chi connectivity index (χ4n) is 1.82. The summed E-state index contributed by atoms with van der Waals surface area (Å²) in [5, 5.41) is 9.66. The van der Waals surface area contributed by atoms with E-state index in [1.165, 1.54) is 0 Å². The van der Waals surface area contributed by atoms with E-state index in [4.69, 9.17) is 4.74 Å². The van der Waals surface area contributed by atoms with Crippen molar-refractivity contribution in [1.29, 1.82) is 0 Å². The van der Waals surface area contributed by atoms with Crippen molar-refractivity contribution in [2.75, 3.05) is 11.9 Å². The largest absolute Gasteiger partial charge is 0.487 e. The molecule has 0 fully saturated rings. The summed E-state index contributed by atoms with van der Waals surface area (Å²) in [6.07, 6.45) is 4.91. The molecule has 7 nitrogen and oxygen atoms in total. The van der Waals surface area contributed by atoms with E-state index >= 15 is 0 Å². The van der Waals surface area contributed by atoms with E-state index in [0.29, 0.717) is 18.0 Å². The fourth-order valence-corrected chi connectivity index (χ4v) is 1.82. The molecule has 1 atom stereocenters. The van der Waals surface area contributed by atoms with Crippen molar-refractivity contribution in [3.8, 4) is 5.75 Å². The summed E-state index contributed by atoms with van der Waals surface area (Å²) in [5.74, 6) is 0.676. The third-order valence-electron chi connectivity index (χ3n) is 2.78. The highest BCUT2D eigenvalue weighted by Crippen LogP contribution is 2.11. The smallest absolute Gasteiger partial charge is 0.319 e. The molecule has 2 rings (SSSR count). The minimum absolute atomic E-state index is 0.157. The lowest BCUT2D eigenvalue weighted by atomic mass is 10.4. The average molecular weight is 289 g/mol. The first-order valence-corrected chi connectivity index (χ1v) is 6.66. The van der Waals surface area contributed by atoms with E-state index in [-0.39, 0.29) is 12.1 Å². The van der Waals surface area contributed by atoms with Crippen LogP contribution in [-0.4, -0.2) is 33.4 Å². The number of rotatable bonds is 5. The van der Waals surface area contributed by atoms with Gasteiger partial charge in [0, 0.05) is 19.4 Å². The Morgan fingerprint density at radius 2 is 2.33 bits per heavy atom. The van der Waals surface area contributed by atoms with Crippen LogP contribution < -0.4 is 15.4 Å². The predicted octanol–water partition coefficient (Wildman–Crippen LogP) is 1.71. The number of hydrogen-bond donors (Lipinski definition) is 2. The Hall–Kier alpha value is -2.57. The molecule has 0 radical (unpaired) electrons. The van der Waals surface area contributed by atoms with E-state index in [0.717, 1.165) is 5.69 Å². The Labute approximate surface area is 123 Å². The molecular formula is C14H19N5O2. The van der Waals surface area contributed by atoms with Crippen LogP contribution in [0.15, 0.2) is 30.7 Å². The zero-order valence-corrected chi connectivity index (χ0v) is 12.3. The van der Waals surface area contributed by atoms with Crippen LogP contribution >= 0.6 is 0 Å². The molecule has 112 valence electrons. The van der Waals surface area contributed by atoms with Gasteiger partial charge in [-0.3, -0.25) is 9.67 Å². The van der Waals surface area contributed by atoms with Crippen molar-refractivity contribution in [3.63, 3.8) is 0 Å². The molecule has 0 saturated heterocycles. The quantitative estimate of drug-likeness (QED) is 0.878. The number of amides is 2. The van der Waals surface area contributed by atoms with Gasteiger partial charge in [0.25, 0.3) is 0 Å². The molecule has 0 spiro atoms. The molecule has 7 heteroatoms. The van der Waals surface area contributed by atoms with Gasteiger partial charge in [0.2, 0.25) is 0 Å². The van der Waals surface area contributed by atoms with Crippen LogP contribution in [0.4, 0.5) is 10.5 Å². The summed E-state index contributed by atoms with van der Waals surface area (Å²) in [7, 11) is 1.81. The number of carbonyl (C=O) groups is 1. The summed E-state index contributed by atoms with van der Waals surface area (Å²) >= 11 is 0. The molecule has 0 saturated carbocycles. The lowest BCUT2D eigenvalue weighted by molar-refractivity contribution is 0.211. The van der Waals surface area contributed by atoms with Gasteiger partial charge in [-0.1, -0.05) is 0 Å². The van der Waals surface area contributed by atoms with Crippen LogP contribution in [-0.2, 0) is 7.05 Å². The van der Waals surface area contributed by atoms with Crippen LogP contribution in [0.3, 0.4) is 0 Å². The second kappa shape index (κ2) is 6.74. The minimum Gasteiger partial charge on any atom is -0.487 e. The van der Waals surface area contributed by atoms with Crippen molar-refractivity contribution < 1.29 is 9.53 Å². The summed E-state index contributed by atoms with van der Waals surface area (Å²) < 4.78 is 7.27. The molecule has 2 aromatic heterocycles. The Kier molecular flexibility index (Phi) is 4.76. The zero-order valence-electron chi connectivity index (χ0n) is 12.3. The van der Waals surface area contributed by atoms with E-state index in [2.05, 4.69) is 20.7 Å². The lowest BCUT2D eigenvalue weighted by Gasteiger charge is -2.15. The van der Waals surface area contributed by atoms with Gasteiger partial charge in [-0.15, -0.1) is 0 Å². The Balaban J connectivity index is 1.77.